The van der Waals surface area contributed by atoms with Gasteiger partial charge in [-0.05, 0) is 18.6 Å². The highest BCUT2D eigenvalue weighted by Gasteiger charge is 2.18. The van der Waals surface area contributed by atoms with E-state index in [1.54, 1.807) is 6.26 Å². The van der Waals surface area contributed by atoms with Crippen molar-refractivity contribution in [2.45, 2.75) is 31.6 Å². The molecule has 1 N–H and O–H groups in total. The van der Waals surface area contributed by atoms with Crippen molar-refractivity contribution >= 4 is 16.9 Å². The quantitative estimate of drug-likeness (QED) is 0.854. The first-order valence-corrected chi connectivity index (χ1v) is 6.24. The molecule has 1 aliphatic rings. The van der Waals surface area contributed by atoms with E-state index in [0.29, 0.717) is 5.25 Å². The summed E-state index contributed by atoms with van der Waals surface area (Å²) in [6.45, 7) is 3.91. The lowest BCUT2D eigenvalue weighted by Gasteiger charge is -2.06. The predicted octanol–water partition coefficient (Wildman–Crippen LogP) is 2.64. The molecule has 0 fully saturated rings. The molecule has 1 unspecified atom stereocenters. The van der Waals surface area contributed by atoms with Crippen LogP contribution in [0.2, 0.25) is 0 Å². The monoisotopic (exact) mass is 224 g/mol. The molecule has 0 saturated carbocycles. The second-order valence-electron chi connectivity index (χ2n) is 3.61. The molecule has 0 amide bonds. The number of hydrogen-bond donors (Lipinski definition) is 1. The summed E-state index contributed by atoms with van der Waals surface area (Å²) in [7, 11) is 0. The Hall–Kier alpha value is -0.900. The first-order valence-electron chi connectivity index (χ1n) is 5.36. The maximum atomic E-state index is 5.24. The molecule has 0 bridgehead atoms. The van der Waals surface area contributed by atoms with Gasteiger partial charge in [-0.3, -0.25) is 4.99 Å². The van der Waals surface area contributed by atoms with Gasteiger partial charge in [-0.25, -0.2) is 0 Å². The number of amidine groups is 1. The molecule has 1 aliphatic heterocycles. The molecule has 82 valence electrons. The van der Waals surface area contributed by atoms with Gasteiger partial charge >= 0.3 is 0 Å². The van der Waals surface area contributed by atoms with E-state index in [-0.39, 0.29) is 0 Å². The Labute approximate surface area is 94.3 Å². The first kappa shape index (κ1) is 10.6. The van der Waals surface area contributed by atoms with Gasteiger partial charge < -0.3 is 9.73 Å². The molecule has 2 rings (SSSR count). The van der Waals surface area contributed by atoms with Crippen molar-refractivity contribution in [3.8, 4) is 0 Å². The van der Waals surface area contributed by atoms with Crippen LogP contribution in [0, 0.1) is 0 Å². The van der Waals surface area contributed by atoms with Crippen molar-refractivity contribution in [3.05, 3.63) is 24.2 Å². The third kappa shape index (κ3) is 3.02. The van der Waals surface area contributed by atoms with E-state index < -0.39 is 0 Å². The average molecular weight is 224 g/mol. The minimum absolute atomic E-state index is 0.675. The molecule has 1 aromatic heterocycles. The lowest BCUT2D eigenvalue weighted by Crippen LogP contribution is -2.18. The lowest BCUT2D eigenvalue weighted by atomic mass is 10.2. The number of nitrogens with zero attached hydrogens (tertiary/aromatic N) is 1. The normalized spacial score (nSPS) is 20.3. The molecule has 4 heteroatoms. The van der Waals surface area contributed by atoms with E-state index in [1.165, 1.54) is 12.8 Å². The Morgan fingerprint density at radius 2 is 2.60 bits per heavy atom. The summed E-state index contributed by atoms with van der Waals surface area (Å²) in [6.07, 6.45) is 4.18. The Morgan fingerprint density at radius 1 is 1.67 bits per heavy atom. The molecule has 0 saturated heterocycles. The molecule has 1 aromatic rings. The fourth-order valence-electron chi connectivity index (χ4n) is 1.56. The number of furan rings is 1. The zero-order chi connectivity index (χ0) is 10.5. The molecule has 1 atom stereocenters. The summed E-state index contributed by atoms with van der Waals surface area (Å²) in [6, 6.07) is 3.87. The van der Waals surface area contributed by atoms with E-state index >= 15 is 0 Å². The van der Waals surface area contributed by atoms with Crippen molar-refractivity contribution in [3.63, 3.8) is 0 Å². The summed E-state index contributed by atoms with van der Waals surface area (Å²) >= 11 is 1.85. The fraction of sp³-hybridized carbons (Fsp3) is 0.545. The van der Waals surface area contributed by atoms with Crippen LogP contribution in [0.1, 0.15) is 25.5 Å². The Bertz CT molecular complexity index is 321. The highest BCUT2D eigenvalue weighted by Crippen LogP contribution is 2.23. The van der Waals surface area contributed by atoms with Crippen LogP contribution in [-0.4, -0.2) is 17.0 Å². The van der Waals surface area contributed by atoms with Crippen LogP contribution in [0.4, 0.5) is 0 Å². The molecule has 0 aromatic carbocycles. The van der Waals surface area contributed by atoms with Crippen LogP contribution in [0.15, 0.2) is 27.8 Å². The van der Waals surface area contributed by atoms with E-state index in [2.05, 4.69) is 17.2 Å². The van der Waals surface area contributed by atoms with Crippen molar-refractivity contribution in [1.82, 2.24) is 5.32 Å². The van der Waals surface area contributed by atoms with Gasteiger partial charge in [0.1, 0.15) is 5.76 Å². The van der Waals surface area contributed by atoms with Crippen molar-refractivity contribution < 1.29 is 4.42 Å². The number of nitrogens with one attached hydrogen (secondary N) is 1. The summed E-state index contributed by atoms with van der Waals surface area (Å²) < 4.78 is 5.24. The van der Waals surface area contributed by atoms with E-state index in [1.807, 2.05) is 23.9 Å². The summed E-state index contributed by atoms with van der Waals surface area (Å²) in [4.78, 5) is 4.46. The van der Waals surface area contributed by atoms with E-state index in [0.717, 1.165) is 24.0 Å². The highest BCUT2D eigenvalue weighted by atomic mass is 32.2. The molecule has 0 spiro atoms. The molecule has 2 heterocycles. The SMILES string of the molecule is CCCC1CN=C(NCc2ccco2)S1. The van der Waals surface area contributed by atoms with Gasteiger partial charge in [0.2, 0.25) is 0 Å². The number of rotatable bonds is 4. The summed E-state index contributed by atoms with van der Waals surface area (Å²) in [5.41, 5.74) is 0. The molecule has 15 heavy (non-hydrogen) atoms. The van der Waals surface area contributed by atoms with Gasteiger partial charge in [0.25, 0.3) is 0 Å². The van der Waals surface area contributed by atoms with Crippen LogP contribution in [0.3, 0.4) is 0 Å². The van der Waals surface area contributed by atoms with Gasteiger partial charge in [-0.2, -0.15) is 0 Å². The zero-order valence-corrected chi connectivity index (χ0v) is 9.72. The molecular formula is C11H16N2OS. The second kappa shape index (κ2) is 5.26. The van der Waals surface area contributed by atoms with Crippen molar-refractivity contribution in [2.75, 3.05) is 6.54 Å². The second-order valence-corrected chi connectivity index (χ2v) is 4.90. The maximum Gasteiger partial charge on any atom is 0.157 e. The molecule has 0 radical (unpaired) electrons. The van der Waals surface area contributed by atoms with E-state index in [9.17, 15) is 0 Å². The number of aliphatic imine (C=N–C) groups is 1. The highest BCUT2D eigenvalue weighted by molar-refractivity contribution is 8.14. The maximum absolute atomic E-state index is 5.24. The van der Waals surface area contributed by atoms with Gasteiger partial charge in [0.05, 0.1) is 19.4 Å². The standard InChI is InChI=1S/C11H16N2OS/c1-2-4-10-8-13-11(15-10)12-7-9-5-3-6-14-9/h3,5-6,10H,2,4,7-8H2,1H3,(H,12,13). The van der Waals surface area contributed by atoms with Crippen molar-refractivity contribution in [1.29, 1.82) is 0 Å². The predicted molar refractivity (Wildman–Crippen MR) is 64.1 cm³/mol. The van der Waals surface area contributed by atoms with Crippen LogP contribution in [0.25, 0.3) is 0 Å². The van der Waals surface area contributed by atoms with Gasteiger partial charge in [0, 0.05) is 5.25 Å². The van der Waals surface area contributed by atoms with Crippen LogP contribution in [0.5, 0.6) is 0 Å². The van der Waals surface area contributed by atoms with Crippen LogP contribution in [-0.2, 0) is 6.54 Å². The largest absolute Gasteiger partial charge is 0.467 e. The number of thioether (sulfide) groups is 1. The first-order chi connectivity index (χ1) is 7.38. The topological polar surface area (TPSA) is 37.5 Å². The van der Waals surface area contributed by atoms with Gasteiger partial charge in [-0.1, -0.05) is 25.1 Å². The third-order valence-corrected chi connectivity index (χ3v) is 3.54. The summed E-state index contributed by atoms with van der Waals surface area (Å²) in [5.74, 6) is 0.956. The zero-order valence-electron chi connectivity index (χ0n) is 8.90. The minimum Gasteiger partial charge on any atom is -0.467 e. The van der Waals surface area contributed by atoms with Crippen LogP contribution < -0.4 is 5.32 Å². The van der Waals surface area contributed by atoms with Gasteiger partial charge in [-0.15, -0.1) is 0 Å². The molecular weight excluding hydrogens is 208 g/mol. The lowest BCUT2D eigenvalue weighted by molar-refractivity contribution is 0.504. The third-order valence-electron chi connectivity index (χ3n) is 2.32. The van der Waals surface area contributed by atoms with Crippen molar-refractivity contribution in [2.24, 2.45) is 4.99 Å². The smallest absolute Gasteiger partial charge is 0.157 e. The number of hydrogen-bond acceptors (Lipinski definition) is 4. The Balaban J connectivity index is 1.73. The molecule has 0 aliphatic carbocycles. The molecule has 3 nitrogen and oxygen atoms in total. The summed E-state index contributed by atoms with van der Waals surface area (Å²) in [5, 5.41) is 5.03. The van der Waals surface area contributed by atoms with Crippen LogP contribution >= 0.6 is 11.8 Å². The Morgan fingerprint density at radius 3 is 3.33 bits per heavy atom. The minimum atomic E-state index is 0.675. The fourth-order valence-corrected chi connectivity index (χ4v) is 2.69. The van der Waals surface area contributed by atoms with E-state index in [4.69, 9.17) is 4.42 Å². The average Bonchev–Trinajstić information content (AvgIpc) is 2.85. The van der Waals surface area contributed by atoms with Gasteiger partial charge in [0.15, 0.2) is 5.17 Å². The Kier molecular flexibility index (Phi) is 3.72.